The number of aryl methyl sites for hydroxylation is 1. The minimum Gasteiger partial charge on any atom is -0.476 e. The fourth-order valence-corrected chi connectivity index (χ4v) is 0.906. The van der Waals surface area contributed by atoms with Gasteiger partial charge in [-0.2, -0.15) is 5.10 Å². The van der Waals surface area contributed by atoms with Crippen molar-refractivity contribution in [2.24, 2.45) is 7.05 Å². The number of aromatic carboxylic acids is 1. The highest BCUT2D eigenvalue weighted by atomic mass is 16.5. The van der Waals surface area contributed by atoms with Crippen LogP contribution in [0, 0.1) is 0 Å². The predicted octanol–water partition coefficient (Wildman–Crippen LogP) is -0.0951. The molecule has 0 aliphatic carbocycles. The monoisotopic (exact) mass is 184 g/mol. The third-order valence-electron chi connectivity index (χ3n) is 1.44. The first-order valence-corrected chi connectivity index (χ1v) is 3.41. The summed E-state index contributed by atoms with van der Waals surface area (Å²) in [5.41, 5.74) is -0.341. The number of ether oxygens (including phenoxy) is 1. The first-order chi connectivity index (χ1) is 6.06. The van der Waals surface area contributed by atoms with Gasteiger partial charge in [0, 0.05) is 13.2 Å². The molecule has 1 rings (SSSR count). The number of nitrogens with zero attached hydrogens (tertiary/aromatic N) is 2. The van der Waals surface area contributed by atoms with E-state index in [0.29, 0.717) is 0 Å². The van der Waals surface area contributed by atoms with Gasteiger partial charge >= 0.3 is 11.9 Å². The van der Waals surface area contributed by atoms with Gasteiger partial charge in [-0.3, -0.25) is 4.68 Å². The zero-order chi connectivity index (χ0) is 10.0. The van der Waals surface area contributed by atoms with Gasteiger partial charge in [0.25, 0.3) is 0 Å². The van der Waals surface area contributed by atoms with Crippen LogP contribution >= 0.6 is 0 Å². The van der Waals surface area contributed by atoms with Crippen molar-refractivity contribution in [3.63, 3.8) is 0 Å². The number of carboxylic acid groups (broad SMARTS) is 1. The number of esters is 1. The lowest BCUT2D eigenvalue weighted by molar-refractivity contribution is 0.0582. The van der Waals surface area contributed by atoms with Gasteiger partial charge in [-0.1, -0.05) is 0 Å². The molecule has 0 saturated heterocycles. The number of carboxylic acids is 1. The molecular weight excluding hydrogens is 176 g/mol. The normalized spacial score (nSPS) is 9.69. The van der Waals surface area contributed by atoms with Crippen molar-refractivity contribution >= 4 is 11.9 Å². The van der Waals surface area contributed by atoms with Gasteiger partial charge in [0.15, 0.2) is 5.69 Å². The Morgan fingerprint density at radius 3 is 2.69 bits per heavy atom. The van der Waals surface area contributed by atoms with Crippen molar-refractivity contribution < 1.29 is 19.4 Å². The molecule has 13 heavy (non-hydrogen) atoms. The van der Waals surface area contributed by atoms with Crippen LogP contribution in [0.1, 0.15) is 20.8 Å². The molecule has 0 amide bonds. The quantitative estimate of drug-likeness (QED) is 0.649. The summed E-state index contributed by atoms with van der Waals surface area (Å²) in [6.45, 7) is 0. The Hall–Kier alpha value is -1.85. The zero-order valence-electron chi connectivity index (χ0n) is 7.14. The fourth-order valence-electron chi connectivity index (χ4n) is 0.906. The van der Waals surface area contributed by atoms with Gasteiger partial charge in [0.05, 0.1) is 7.11 Å². The molecule has 0 aliphatic heterocycles. The minimum absolute atomic E-state index is 0.0440. The highest BCUT2D eigenvalue weighted by molar-refractivity contribution is 6.00. The summed E-state index contributed by atoms with van der Waals surface area (Å²) in [5, 5.41) is 12.2. The van der Waals surface area contributed by atoms with Crippen LogP contribution in [0.4, 0.5) is 0 Å². The molecule has 0 fully saturated rings. The Morgan fingerprint density at radius 2 is 2.23 bits per heavy atom. The number of aromatic nitrogens is 2. The average Bonchev–Trinajstić information content (AvgIpc) is 2.46. The van der Waals surface area contributed by atoms with Crippen molar-refractivity contribution in [3.05, 3.63) is 17.5 Å². The Kier molecular flexibility index (Phi) is 2.32. The van der Waals surface area contributed by atoms with Crippen LogP contribution in [0.25, 0.3) is 0 Å². The van der Waals surface area contributed by atoms with Gasteiger partial charge in [-0.25, -0.2) is 9.59 Å². The van der Waals surface area contributed by atoms with Gasteiger partial charge in [0.1, 0.15) is 5.56 Å². The summed E-state index contributed by atoms with van der Waals surface area (Å²) in [6.07, 6.45) is 1.30. The van der Waals surface area contributed by atoms with Crippen LogP contribution in [0.2, 0.25) is 0 Å². The molecule has 1 N–H and O–H groups in total. The van der Waals surface area contributed by atoms with E-state index < -0.39 is 11.9 Å². The lowest BCUT2D eigenvalue weighted by atomic mass is 10.2. The van der Waals surface area contributed by atoms with Crippen molar-refractivity contribution in [2.75, 3.05) is 7.11 Å². The molecule has 1 heterocycles. The Labute approximate surface area is 73.7 Å². The van der Waals surface area contributed by atoms with Crippen LogP contribution in [-0.2, 0) is 11.8 Å². The summed E-state index contributed by atoms with van der Waals surface area (Å²) in [6, 6.07) is 0. The maximum atomic E-state index is 11.0. The first-order valence-electron chi connectivity index (χ1n) is 3.41. The van der Waals surface area contributed by atoms with Crippen LogP contribution in [0.15, 0.2) is 6.20 Å². The second-order valence-corrected chi connectivity index (χ2v) is 2.36. The largest absolute Gasteiger partial charge is 0.476 e. The molecule has 0 bridgehead atoms. The fraction of sp³-hybridized carbons (Fsp3) is 0.286. The van der Waals surface area contributed by atoms with Crippen molar-refractivity contribution in [3.8, 4) is 0 Å². The molecule has 0 unspecified atom stereocenters. The lowest BCUT2D eigenvalue weighted by Crippen LogP contribution is -2.08. The van der Waals surface area contributed by atoms with E-state index in [-0.39, 0.29) is 11.3 Å². The summed E-state index contributed by atoms with van der Waals surface area (Å²) in [4.78, 5) is 21.6. The van der Waals surface area contributed by atoms with E-state index in [1.807, 2.05) is 0 Å². The molecule has 0 aliphatic rings. The molecule has 6 nitrogen and oxygen atoms in total. The highest BCUT2D eigenvalue weighted by Crippen LogP contribution is 2.07. The summed E-state index contributed by atoms with van der Waals surface area (Å²) in [5.74, 6) is -1.95. The standard InChI is InChI=1S/C7H8N2O4/c1-9-3-4(7(12)13-2)5(8-9)6(10)11/h3H,1-2H3,(H,10,11). The van der Waals surface area contributed by atoms with E-state index in [1.165, 1.54) is 25.0 Å². The average molecular weight is 184 g/mol. The van der Waals surface area contributed by atoms with Crippen LogP contribution in [-0.4, -0.2) is 33.9 Å². The van der Waals surface area contributed by atoms with E-state index in [1.54, 1.807) is 0 Å². The van der Waals surface area contributed by atoms with Gasteiger partial charge in [-0.05, 0) is 0 Å². The SMILES string of the molecule is COC(=O)c1cn(C)nc1C(=O)O. The maximum absolute atomic E-state index is 11.0. The van der Waals surface area contributed by atoms with Crippen molar-refractivity contribution in [1.29, 1.82) is 0 Å². The van der Waals surface area contributed by atoms with Gasteiger partial charge in [-0.15, -0.1) is 0 Å². The number of carbonyl (C=O) groups excluding carboxylic acids is 1. The van der Waals surface area contributed by atoms with Crippen LogP contribution < -0.4 is 0 Å². The molecule has 1 aromatic rings. The Bertz CT molecular complexity index is 355. The second-order valence-electron chi connectivity index (χ2n) is 2.36. The summed E-state index contributed by atoms with van der Waals surface area (Å²) < 4.78 is 5.63. The maximum Gasteiger partial charge on any atom is 0.357 e. The van der Waals surface area contributed by atoms with Crippen LogP contribution in [0.5, 0.6) is 0 Å². The first kappa shape index (κ1) is 9.24. The zero-order valence-corrected chi connectivity index (χ0v) is 7.14. The van der Waals surface area contributed by atoms with E-state index in [0.717, 1.165) is 0 Å². The van der Waals surface area contributed by atoms with E-state index in [9.17, 15) is 9.59 Å². The molecule has 0 saturated carbocycles. The number of hydrogen-bond acceptors (Lipinski definition) is 4. The minimum atomic E-state index is -1.25. The lowest BCUT2D eigenvalue weighted by Gasteiger charge is -1.94. The summed E-state index contributed by atoms with van der Waals surface area (Å²) >= 11 is 0. The molecule has 6 heteroatoms. The third-order valence-corrected chi connectivity index (χ3v) is 1.44. The van der Waals surface area contributed by atoms with Crippen molar-refractivity contribution in [2.45, 2.75) is 0 Å². The van der Waals surface area contributed by atoms with Gasteiger partial charge < -0.3 is 9.84 Å². The molecule has 1 aromatic heterocycles. The molecule has 0 atom stereocenters. The molecule has 0 radical (unpaired) electrons. The number of hydrogen-bond donors (Lipinski definition) is 1. The topological polar surface area (TPSA) is 81.4 Å². The molecular formula is C7H8N2O4. The Balaban J connectivity index is 3.19. The molecule has 0 aromatic carbocycles. The second kappa shape index (κ2) is 3.26. The van der Waals surface area contributed by atoms with E-state index >= 15 is 0 Å². The summed E-state index contributed by atoms with van der Waals surface area (Å²) in [7, 11) is 2.71. The number of methoxy groups -OCH3 is 1. The number of rotatable bonds is 2. The van der Waals surface area contributed by atoms with Crippen LogP contribution in [0.3, 0.4) is 0 Å². The molecule has 70 valence electrons. The predicted molar refractivity (Wildman–Crippen MR) is 41.5 cm³/mol. The Morgan fingerprint density at radius 1 is 1.62 bits per heavy atom. The third kappa shape index (κ3) is 1.66. The highest BCUT2D eigenvalue weighted by Gasteiger charge is 2.20. The van der Waals surface area contributed by atoms with Gasteiger partial charge in [0.2, 0.25) is 0 Å². The smallest absolute Gasteiger partial charge is 0.357 e. The number of carbonyl (C=O) groups is 2. The van der Waals surface area contributed by atoms with E-state index in [4.69, 9.17) is 5.11 Å². The molecule has 0 spiro atoms. The van der Waals surface area contributed by atoms with E-state index in [2.05, 4.69) is 9.84 Å². The van der Waals surface area contributed by atoms with Crippen molar-refractivity contribution in [1.82, 2.24) is 9.78 Å².